The maximum Gasteiger partial charge on any atom is 0.161 e. The standard InChI is InChI=1S/C18H25N3O3/c1-3-23-16-6-4-5-7-17(16)24-11-10-21-13-14(22-2)12-15(21)18-19-8-9-20-18/h4-9,14-15H,3,10-13H2,1-2H3,(H,19,20)/t14-,15?/m1/s1. The molecule has 0 radical (unpaired) electrons. The molecule has 2 aromatic rings. The van der Waals surface area contributed by atoms with Crippen LogP contribution in [0, 0.1) is 0 Å². The van der Waals surface area contributed by atoms with E-state index in [0.29, 0.717) is 13.2 Å². The van der Waals surface area contributed by atoms with Gasteiger partial charge in [0.2, 0.25) is 0 Å². The van der Waals surface area contributed by atoms with Crippen molar-refractivity contribution in [1.29, 1.82) is 0 Å². The van der Waals surface area contributed by atoms with Crippen LogP contribution in [0.15, 0.2) is 36.7 Å². The Morgan fingerprint density at radius 1 is 1.25 bits per heavy atom. The monoisotopic (exact) mass is 331 g/mol. The van der Waals surface area contributed by atoms with E-state index in [0.717, 1.165) is 36.8 Å². The zero-order valence-electron chi connectivity index (χ0n) is 14.3. The van der Waals surface area contributed by atoms with Crippen molar-refractivity contribution in [3.05, 3.63) is 42.5 Å². The minimum absolute atomic E-state index is 0.232. The normalized spacial score (nSPS) is 21.1. The van der Waals surface area contributed by atoms with E-state index in [4.69, 9.17) is 14.2 Å². The molecule has 1 aromatic carbocycles. The summed E-state index contributed by atoms with van der Waals surface area (Å²) in [4.78, 5) is 9.98. The largest absolute Gasteiger partial charge is 0.490 e. The van der Waals surface area contributed by atoms with E-state index in [9.17, 15) is 0 Å². The van der Waals surface area contributed by atoms with E-state index in [1.807, 2.05) is 37.4 Å². The van der Waals surface area contributed by atoms with Gasteiger partial charge in [-0.15, -0.1) is 0 Å². The second-order valence-electron chi connectivity index (χ2n) is 5.81. The van der Waals surface area contributed by atoms with E-state index in [-0.39, 0.29) is 12.1 Å². The fourth-order valence-electron chi connectivity index (χ4n) is 3.14. The molecule has 0 bridgehead atoms. The van der Waals surface area contributed by atoms with E-state index in [1.54, 1.807) is 13.3 Å². The summed E-state index contributed by atoms with van der Waals surface area (Å²) in [6.45, 7) is 4.89. The van der Waals surface area contributed by atoms with Gasteiger partial charge in [-0.25, -0.2) is 4.98 Å². The lowest BCUT2D eigenvalue weighted by Crippen LogP contribution is -2.30. The number of H-pyrrole nitrogens is 1. The molecular formula is C18H25N3O3. The fourth-order valence-corrected chi connectivity index (χ4v) is 3.14. The zero-order chi connectivity index (χ0) is 16.8. The van der Waals surface area contributed by atoms with Gasteiger partial charge in [-0.2, -0.15) is 0 Å². The lowest BCUT2D eigenvalue weighted by Gasteiger charge is -2.22. The van der Waals surface area contributed by atoms with Gasteiger partial charge in [-0.05, 0) is 25.5 Å². The third-order valence-corrected chi connectivity index (χ3v) is 4.32. The van der Waals surface area contributed by atoms with Crippen LogP contribution in [-0.2, 0) is 4.74 Å². The molecule has 1 aromatic heterocycles. The van der Waals surface area contributed by atoms with Crippen LogP contribution in [-0.4, -0.2) is 54.4 Å². The summed E-state index contributed by atoms with van der Waals surface area (Å²) in [6.07, 6.45) is 4.83. The van der Waals surface area contributed by atoms with Crippen LogP contribution in [0.5, 0.6) is 11.5 Å². The Balaban J connectivity index is 1.59. The molecule has 0 aliphatic carbocycles. The van der Waals surface area contributed by atoms with Crippen LogP contribution >= 0.6 is 0 Å². The molecule has 1 aliphatic heterocycles. The maximum atomic E-state index is 5.95. The predicted molar refractivity (Wildman–Crippen MR) is 91.4 cm³/mol. The van der Waals surface area contributed by atoms with Crippen molar-refractivity contribution in [3.8, 4) is 11.5 Å². The van der Waals surface area contributed by atoms with Crippen molar-refractivity contribution in [2.75, 3.05) is 33.4 Å². The topological polar surface area (TPSA) is 59.6 Å². The number of imidazole rings is 1. The van der Waals surface area contributed by atoms with Gasteiger partial charge in [0, 0.05) is 32.6 Å². The van der Waals surface area contributed by atoms with Gasteiger partial charge in [0.1, 0.15) is 12.4 Å². The van der Waals surface area contributed by atoms with Gasteiger partial charge in [0.15, 0.2) is 11.5 Å². The fraction of sp³-hybridized carbons (Fsp3) is 0.500. The highest BCUT2D eigenvalue weighted by Crippen LogP contribution is 2.31. The Morgan fingerprint density at radius 2 is 2.04 bits per heavy atom. The Hall–Kier alpha value is -2.05. The molecule has 2 heterocycles. The van der Waals surface area contributed by atoms with Crippen molar-refractivity contribution in [2.24, 2.45) is 0 Å². The Labute approximate surface area is 142 Å². The molecule has 2 atom stereocenters. The maximum absolute atomic E-state index is 5.95. The molecule has 3 rings (SSSR count). The predicted octanol–water partition coefficient (Wildman–Crippen LogP) is 2.65. The number of aromatic nitrogens is 2. The van der Waals surface area contributed by atoms with Gasteiger partial charge < -0.3 is 19.2 Å². The van der Waals surface area contributed by atoms with Crippen molar-refractivity contribution in [3.63, 3.8) is 0 Å². The molecular weight excluding hydrogens is 306 g/mol. The Kier molecular flexibility index (Phi) is 5.72. The molecule has 0 saturated carbocycles. The third-order valence-electron chi connectivity index (χ3n) is 4.32. The van der Waals surface area contributed by atoms with Crippen LogP contribution in [0.25, 0.3) is 0 Å². The first-order chi connectivity index (χ1) is 11.8. The number of hydrogen-bond donors (Lipinski definition) is 1. The third kappa shape index (κ3) is 3.88. The number of nitrogens with one attached hydrogen (secondary N) is 1. The van der Waals surface area contributed by atoms with Gasteiger partial charge in [-0.1, -0.05) is 12.1 Å². The van der Waals surface area contributed by atoms with Gasteiger partial charge in [0.25, 0.3) is 0 Å². The molecule has 0 amide bonds. The van der Waals surface area contributed by atoms with Crippen LogP contribution in [0.1, 0.15) is 25.2 Å². The van der Waals surface area contributed by atoms with Crippen molar-refractivity contribution in [2.45, 2.75) is 25.5 Å². The minimum atomic E-state index is 0.232. The first-order valence-corrected chi connectivity index (χ1v) is 8.42. The molecule has 130 valence electrons. The number of hydrogen-bond acceptors (Lipinski definition) is 5. The summed E-state index contributed by atoms with van der Waals surface area (Å²) >= 11 is 0. The minimum Gasteiger partial charge on any atom is -0.490 e. The van der Waals surface area contributed by atoms with Crippen LogP contribution < -0.4 is 9.47 Å². The average Bonchev–Trinajstić information content (AvgIpc) is 3.25. The second-order valence-corrected chi connectivity index (χ2v) is 5.81. The van der Waals surface area contributed by atoms with E-state index in [2.05, 4.69) is 14.9 Å². The number of para-hydroxylation sites is 2. The summed E-state index contributed by atoms with van der Waals surface area (Å²) in [5.41, 5.74) is 0. The molecule has 1 aliphatic rings. The lowest BCUT2D eigenvalue weighted by molar-refractivity contribution is 0.105. The summed E-state index contributed by atoms with van der Waals surface area (Å²) in [7, 11) is 1.77. The average molecular weight is 331 g/mol. The molecule has 24 heavy (non-hydrogen) atoms. The Morgan fingerprint density at radius 3 is 2.71 bits per heavy atom. The number of methoxy groups -OCH3 is 1. The van der Waals surface area contributed by atoms with Gasteiger partial charge in [0.05, 0.1) is 18.8 Å². The number of benzene rings is 1. The highest BCUT2D eigenvalue weighted by atomic mass is 16.5. The molecule has 6 nitrogen and oxygen atoms in total. The van der Waals surface area contributed by atoms with Gasteiger partial charge >= 0.3 is 0 Å². The van der Waals surface area contributed by atoms with Gasteiger partial charge in [-0.3, -0.25) is 4.90 Å². The number of ether oxygens (including phenoxy) is 3. The van der Waals surface area contributed by atoms with E-state index < -0.39 is 0 Å². The molecule has 1 unspecified atom stereocenters. The van der Waals surface area contributed by atoms with E-state index in [1.165, 1.54) is 0 Å². The summed E-state index contributed by atoms with van der Waals surface area (Å²) in [5, 5.41) is 0. The summed E-state index contributed by atoms with van der Waals surface area (Å²) < 4.78 is 17.1. The number of likely N-dealkylation sites (tertiary alicyclic amines) is 1. The highest BCUT2D eigenvalue weighted by Gasteiger charge is 2.34. The van der Waals surface area contributed by atoms with Crippen LogP contribution in [0.4, 0.5) is 0 Å². The number of nitrogens with zero attached hydrogens (tertiary/aromatic N) is 2. The summed E-state index contributed by atoms with van der Waals surface area (Å²) in [6, 6.07) is 8.03. The lowest BCUT2D eigenvalue weighted by atomic mass is 10.2. The first kappa shape index (κ1) is 16.8. The second kappa shape index (κ2) is 8.17. The smallest absolute Gasteiger partial charge is 0.161 e. The molecule has 1 saturated heterocycles. The molecule has 6 heteroatoms. The first-order valence-electron chi connectivity index (χ1n) is 8.42. The van der Waals surface area contributed by atoms with E-state index >= 15 is 0 Å². The highest BCUT2D eigenvalue weighted by molar-refractivity contribution is 5.39. The SMILES string of the molecule is CCOc1ccccc1OCCN1C[C@H](OC)CC1c1ncc[nH]1. The molecule has 1 N–H and O–H groups in total. The zero-order valence-corrected chi connectivity index (χ0v) is 14.3. The van der Waals surface area contributed by atoms with Crippen LogP contribution in [0.2, 0.25) is 0 Å². The number of aromatic amines is 1. The van der Waals surface area contributed by atoms with Crippen molar-refractivity contribution < 1.29 is 14.2 Å². The van der Waals surface area contributed by atoms with Crippen molar-refractivity contribution in [1.82, 2.24) is 14.9 Å². The Bertz CT molecular complexity index is 618. The molecule has 1 fully saturated rings. The molecule has 0 spiro atoms. The van der Waals surface area contributed by atoms with Crippen molar-refractivity contribution >= 4 is 0 Å². The number of rotatable bonds is 8. The van der Waals surface area contributed by atoms with Crippen LogP contribution in [0.3, 0.4) is 0 Å². The quantitative estimate of drug-likeness (QED) is 0.806. The summed E-state index contributed by atoms with van der Waals surface area (Å²) in [5.74, 6) is 2.57.